The largest absolute Gasteiger partial charge is 0.497 e. The monoisotopic (exact) mass is 499 g/mol. The van der Waals surface area contributed by atoms with Crippen molar-refractivity contribution < 1.29 is 33.0 Å². The lowest BCUT2D eigenvalue weighted by Gasteiger charge is -2.44. The van der Waals surface area contributed by atoms with Crippen molar-refractivity contribution in [2.24, 2.45) is 0 Å². The number of rotatable bonds is 7. The summed E-state index contributed by atoms with van der Waals surface area (Å²) in [4.78, 5) is 42.9. The number of hydrogen-bond acceptors (Lipinski definition) is 6. The summed E-state index contributed by atoms with van der Waals surface area (Å²) >= 11 is 0. The van der Waals surface area contributed by atoms with Crippen LogP contribution < -0.4 is 10.1 Å². The molecule has 3 amide bonds. The predicted octanol–water partition coefficient (Wildman–Crippen LogP) is 2.07. The van der Waals surface area contributed by atoms with Gasteiger partial charge in [0.15, 0.2) is 0 Å². The molecule has 2 aromatic carbocycles. The number of ether oxygens (including phenoxy) is 3. The number of halogens is 1. The molecular weight excluding hydrogens is 469 g/mol. The van der Waals surface area contributed by atoms with E-state index in [9.17, 15) is 18.8 Å². The molecule has 2 aromatic rings. The molecule has 0 saturated carbocycles. The molecule has 0 aliphatic carbocycles. The molecule has 1 spiro atoms. The van der Waals surface area contributed by atoms with Crippen molar-refractivity contribution in [3.63, 3.8) is 0 Å². The average Bonchev–Trinajstić information content (AvgIpc) is 3.27. The Morgan fingerprint density at radius 3 is 2.44 bits per heavy atom. The molecule has 0 bridgehead atoms. The molecule has 1 N–H and O–H groups in total. The number of likely N-dealkylation sites (tertiary alicyclic amines) is 1. The minimum atomic E-state index is -1.06. The average molecular weight is 500 g/mol. The van der Waals surface area contributed by atoms with Gasteiger partial charge in [-0.25, -0.2) is 4.39 Å². The first-order valence-electron chi connectivity index (χ1n) is 11.8. The molecule has 10 heteroatoms. The summed E-state index contributed by atoms with van der Waals surface area (Å²) in [7, 11) is 3.07. The van der Waals surface area contributed by atoms with E-state index in [-0.39, 0.29) is 24.0 Å². The number of carbonyl (C=O) groups is 3. The number of nitrogens with one attached hydrogen (secondary N) is 1. The van der Waals surface area contributed by atoms with Crippen molar-refractivity contribution in [2.75, 3.05) is 47.1 Å². The topological polar surface area (TPSA) is 97.4 Å². The Balaban J connectivity index is 1.54. The minimum Gasteiger partial charge on any atom is -0.497 e. The maximum Gasteiger partial charge on any atom is 0.256 e. The summed E-state index contributed by atoms with van der Waals surface area (Å²) < 4.78 is 29.9. The third-order valence-electron chi connectivity index (χ3n) is 6.63. The van der Waals surface area contributed by atoms with Gasteiger partial charge >= 0.3 is 0 Å². The Hall–Kier alpha value is -3.50. The van der Waals surface area contributed by atoms with Crippen molar-refractivity contribution >= 4 is 17.7 Å². The zero-order chi connectivity index (χ0) is 25.7. The van der Waals surface area contributed by atoms with Crippen molar-refractivity contribution in [2.45, 2.75) is 24.6 Å². The van der Waals surface area contributed by atoms with Crippen LogP contribution in [0.15, 0.2) is 48.5 Å². The van der Waals surface area contributed by atoms with Gasteiger partial charge < -0.3 is 24.4 Å². The maximum absolute atomic E-state index is 13.6. The second-order valence-corrected chi connectivity index (χ2v) is 8.76. The molecule has 1 atom stereocenters. The Morgan fingerprint density at radius 2 is 1.78 bits per heavy atom. The highest BCUT2D eigenvalue weighted by molar-refractivity contribution is 5.98. The molecule has 2 saturated heterocycles. The first-order chi connectivity index (χ1) is 17.4. The van der Waals surface area contributed by atoms with Crippen LogP contribution in [-0.4, -0.2) is 86.4 Å². The van der Waals surface area contributed by atoms with E-state index in [4.69, 9.17) is 14.2 Å². The van der Waals surface area contributed by atoms with Gasteiger partial charge in [0.2, 0.25) is 5.91 Å². The van der Waals surface area contributed by atoms with Gasteiger partial charge in [-0.1, -0.05) is 6.07 Å². The molecule has 2 fully saturated rings. The summed E-state index contributed by atoms with van der Waals surface area (Å²) in [5, 5.41) is 2.78. The number of benzene rings is 2. The predicted molar refractivity (Wildman–Crippen MR) is 128 cm³/mol. The zero-order valence-corrected chi connectivity index (χ0v) is 20.4. The molecule has 192 valence electrons. The lowest BCUT2D eigenvalue weighted by atomic mass is 9.96. The molecular formula is C26H30FN3O6. The smallest absolute Gasteiger partial charge is 0.256 e. The van der Waals surface area contributed by atoms with Gasteiger partial charge in [-0.05, 0) is 42.5 Å². The quantitative estimate of drug-likeness (QED) is 0.586. The highest BCUT2D eigenvalue weighted by Gasteiger charge is 2.54. The second kappa shape index (κ2) is 11.0. The minimum absolute atomic E-state index is 0.0234. The third kappa shape index (κ3) is 5.19. The highest BCUT2D eigenvalue weighted by Crippen LogP contribution is 2.39. The summed E-state index contributed by atoms with van der Waals surface area (Å²) in [5.74, 6) is -0.794. The van der Waals surface area contributed by atoms with E-state index in [0.717, 1.165) is 0 Å². The van der Waals surface area contributed by atoms with Crippen LogP contribution in [0.1, 0.15) is 33.6 Å². The van der Waals surface area contributed by atoms with Crippen LogP contribution in [0, 0.1) is 5.82 Å². The van der Waals surface area contributed by atoms with Gasteiger partial charge in [0.05, 0.1) is 20.3 Å². The fourth-order valence-electron chi connectivity index (χ4n) is 4.69. The number of amides is 3. The van der Waals surface area contributed by atoms with Gasteiger partial charge in [-0.15, -0.1) is 0 Å². The maximum atomic E-state index is 13.6. The van der Waals surface area contributed by atoms with E-state index >= 15 is 0 Å². The SMILES string of the molecule is COCCNC(=O)C1COC2(CCN(C(=O)c3cccc(OC)c3)CC2)N1C(=O)c1ccc(F)cc1. The zero-order valence-electron chi connectivity index (χ0n) is 20.4. The van der Waals surface area contributed by atoms with Crippen LogP contribution in [0.5, 0.6) is 5.75 Å². The number of methoxy groups -OCH3 is 2. The van der Waals surface area contributed by atoms with E-state index < -0.39 is 23.5 Å². The van der Waals surface area contributed by atoms with Crippen LogP contribution in [0.2, 0.25) is 0 Å². The molecule has 2 aliphatic heterocycles. The van der Waals surface area contributed by atoms with Crippen molar-refractivity contribution in [3.05, 3.63) is 65.5 Å². The summed E-state index contributed by atoms with van der Waals surface area (Å²) in [6.45, 7) is 1.32. The Morgan fingerprint density at radius 1 is 1.06 bits per heavy atom. The van der Waals surface area contributed by atoms with Gasteiger partial charge in [0.1, 0.15) is 23.3 Å². The number of piperidine rings is 1. The van der Waals surface area contributed by atoms with Crippen LogP contribution >= 0.6 is 0 Å². The molecule has 2 heterocycles. The molecule has 4 rings (SSSR count). The van der Waals surface area contributed by atoms with Crippen molar-refractivity contribution in [1.82, 2.24) is 15.1 Å². The van der Waals surface area contributed by atoms with Crippen LogP contribution in [0.4, 0.5) is 4.39 Å². The second-order valence-electron chi connectivity index (χ2n) is 8.76. The first kappa shape index (κ1) is 25.6. The summed E-state index contributed by atoms with van der Waals surface area (Å²) in [5.41, 5.74) is -0.294. The Labute approximate surface area is 209 Å². The van der Waals surface area contributed by atoms with E-state index in [1.165, 1.54) is 36.3 Å². The van der Waals surface area contributed by atoms with E-state index in [0.29, 0.717) is 50.4 Å². The fourth-order valence-corrected chi connectivity index (χ4v) is 4.69. The van der Waals surface area contributed by atoms with Crippen LogP contribution in [-0.2, 0) is 14.3 Å². The van der Waals surface area contributed by atoms with Crippen molar-refractivity contribution in [3.8, 4) is 5.75 Å². The third-order valence-corrected chi connectivity index (χ3v) is 6.63. The first-order valence-corrected chi connectivity index (χ1v) is 11.8. The van der Waals surface area contributed by atoms with Crippen molar-refractivity contribution in [1.29, 1.82) is 0 Å². The normalized spacial score (nSPS) is 18.8. The number of carbonyl (C=O) groups excluding carboxylic acids is 3. The standard InChI is InChI=1S/C26H30FN3O6/c1-34-15-12-28-23(31)22-17-36-26(30(22)25(33)18-6-8-20(27)9-7-18)10-13-29(14-11-26)24(32)19-4-3-5-21(16-19)35-2/h3-9,16,22H,10-15,17H2,1-2H3,(H,28,31). The molecule has 1 unspecified atom stereocenters. The summed E-state index contributed by atoms with van der Waals surface area (Å²) in [6, 6.07) is 11.3. The summed E-state index contributed by atoms with van der Waals surface area (Å²) in [6.07, 6.45) is 0.662. The number of nitrogens with zero attached hydrogens (tertiary/aromatic N) is 2. The van der Waals surface area contributed by atoms with Gasteiger partial charge in [-0.3, -0.25) is 19.3 Å². The molecule has 0 aromatic heterocycles. The Kier molecular flexibility index (Phi) is 7.85. The van der Waals surface area contributed by atoms with Gasteiger partial charge in [-0.2, -0.15) is 0 Å². The molecule has 2 aliphatic rings. The van der Waals surface area contributed by atoms with Gasteiger partial charge in [0, 0.05) is 50.7 Å². The van der Waals surface area contributed by atoms with E-state index in [2.05, 4.69) is 5.32 Å². The van der Waals surface area contributed by atoms with Crippen LogP contribution in [0.25, 0.3) is 0 Å². The highest BCUT2D eigenvalue weighted by atomic mass is 19.1. The molecule has 9 nitrogen and oxygen atoms in total. The lowest BCUT2D eigenvalue weighted by Crippen LogP contribution is -2.60. The molecule has 0 radical (unpaired) electrons. The molecule has 36 heavy (non-hydrogen) atoms. The Bertz CT molecular complexity index is 1100. The number of hydrogen-bond donors (Lipinski definition) is 1. The van der Waals surface area contributed by atoms with E-state index in [1.54, 1.807) is 36.3 Å². The van der Waals surface area contributed by atoms with Gasteiger partial charge in [0.25, 0.3) is 11.8 Å². The van der Waals surface area contributed by atoms with E-state index in [1.807, 2.05) is 0 Å². The fraction of sp³-hybridized carbons (Fsp3) is 0.423. The van der Waals surface area contributed by atoms with Crippen LogP contribution in [0.3, 0.4) is 0 Å². The lowest BCUT2D eigenvalue weighted by molar-refractivity contribution is -0.128.